The second-order valence-corrected chi connectivity index (χ2v) is 4.59. The minimum atomic E-state index is -1.65. The van der Waals surface area contributed by atoms with Crippen LogP contribution in [0, 0.1) is 0 Å². The number of hydrogen-bond acceptors (Lipinski definition) is 6. The van der Waals surface area contributed by atoms with E-state index in [4.69, 9.17) is 13.9 Å². The number of aromatic hydroxyl groups is 1. The first-order chi connectivity index (χ1) is 9.88. The highest BCUT2D eigenvalue weighted by atomic mass is 16.6. The predicted octanol–water partition coefficient (Wildman–Crippen LogP) is 2.17. The van der Waals surface area contributed by atoms with Crippen LogP contribution in [0.25, 0.3) is 11.0 Å². The number of allylic oxidation sites excluding steroid dienone is 1. The Labute approximate surface area is 120 Å². The second-order valence-electron chi connectivity index (χ2n) is 4.59. The molecule has 0 fully saturated rings. The van der Waals surface area contributed by atoms with Gasteiger partial charge in [0.25, 0.3) is 0 Å². The molecule has 0 bridgehead atoms. The van der Waals surface area contributed by atoms with E-state index in [1.54, 1.807) is 19.1 Å². The Morgan fingerprint density at radius 1 is 1.38 bits per heavy atom. The van der Waals surface area contributed by atoms with Crippen LogP contribution in [-0.2, 0) is 0 Å². The highest BCUT2D eigenvalue weighted by molar-refractivity contribution is 5.87. The van der Waals surface area contributed by atoms with Gasteiger partial charge in [-0.15, -0.1) is 0 Å². The quantitative estimate of drug-likeness (QED) is 0.510. The molecule has 1 aromatic carbocycles. The molecule has 1 atom stereocenters. The Morgan fingerprint density at radius 2 is 2.10 bits per heavy atom. The first-order valence-electron chi connectivity index (χ1n) is 6.27. The fourth-order valence-electron chi connectivity index (χ4n) is 1.95. The van der Waals surface area contributed by atoms with Gasteiger partial charge < -0.3 is 24.1 Å². The predicted molar refractivity (Wildman–Crippen MR) is 76.8 cm³/mol. The largest absolute Gasteiger partial charge is 0.502 e. The van der Waals surface area contributed by atoms with Crippen LogP contribution in [0.4, 0.5) is 0 Å². The van der Waals surface area contributed by atoms with E-state index in [0.717, 1.165) is 0 Å². The van der Waals surface area contributed by atoms with Gasteiger partial charge in [0.2, 0.25) is 17.3 Å². The molecule has 0 aliphatic carbocycles. The third-order valence-corrected chi connectivity index (χ3v) is 2.81. The maximum atomic E-state index is 11.3. The molecule has 0 aliphatic heterocycles. The van der Waals surface area contributed by atoms with E-state index in [2.05, 4.69) is 0 Å². The van der Waals surface area contributed by atoms with Crippen molar-refractivity contribution in [1.29, 1.82) is 0 Å². The summed E-state index contributed by atoms with van der Waals surface area (Å²) in [6.07, 6.45) is 3.00. The second kappa shape index (κ2) is 5.49. The topological polar surface area (TPSA) is 89.1 Å². The minimum Gasteiger partial charge on any atom is -0.502 e. The first kappa shape index (κ1) is 14.9. The Kier molecular flexibility index (Phi) is 3.90. The standard InChI is InChI=1S/C15H16O6/c1-4-7-15(2,18)21-14-10(19-3)8-9-5-6-11(16)20-13(9)12(14)17/h4-8,17-18H,1-3H3/b7-4+. The molecule has 0 amide bonds. The summed E-state index contributed by atoms with van der Waals surface area (Å²) in [5.74, 6) is -1.96. The number of hydrogen-bond donors (Lipinski definition) is 2. The lowest BCUT2D eigenvalue weighted by molar-refractivity contribution is -0.0799. The molecule has 1 aromatic heterocycles. The Hall–Kier alpha value is -2.47. The van der Waals surface area contributed by atoms with E-state index in [1.807, 2.05) is 0 Å². The average molecular weight is 292 g/mol. The van der Waals surface area contributed by atoms with Crippen LogP contribution >= 0.6 is 0 Å². The maximum absolute atomic E-state index is 11.3. The third-order valence-electron chi connectivity index (χ3n) is 2.81. The van der Waals surface area contributed by atoms with Gasteiger partial charge >= 0.3 is 5.63 Å². The van der Waals surface area contributed by atoms with Gasteiger partial charge in [-0.2, -0.15) is 0 Å². The van der Waals surface area contributed by atoms with Gasteiger partial charge in [0.15, 0.2) is 11.3 Å². The number of rotatable bonds is 4. The molecule has 0 saturated heterocycles. The molecule has 2 aromatic rings. The number of ether oxygens (including phenoxy) is 2. The molecule has 6 nitrogen and oxygen atoms in total. The molecule has 2 rings (SSSR count). The Bertz CT molecular complexity index is 742. The molecule has 21 heavy (non-hydrogen) atoms. The van der Waals surface area contributed by atoms with Crippen LogP contribution < -0.4 is 15.1 Å². The molecule has 6 heteroatoms. The van der Waals surface area contributed by atoms with Crippen molar-refractivity contribution in [3.8, 4) is 17.2 Å². The fraction of sp³-hybridized carbons (Fsp3) is 0.267. The van der Waals surface area contributed by atoms with Gasteiger partial charge in [-0.1, -0.05) is 6.08 Å². The number of benzene rings is 1. The number of methoxy groups -OCH3 is 1. The van der Waals surface area contributed by atoms with Crippen molar-refractivity contribution in [3.63, 3.8) is 0 Å². The first-order valence-corrected chi connectivity index (χ1v) is 6.27. The van der Waals surface area contributed by atoms with Crippen LogP contribution in [0.15, 0.2) is 39.6 Å². The van der Waals surface area contributed by atoms with Crippen molar-refractivity contribution in [2.45, 2.75) is 19.6 Å². The van der Waals surface area contributed by atoms with Gasteiger partial charge in [-0.25, -0.2) is 4.79 Å². The van der Waals surface area contributed by atoms with Crippen LogP contribution in [0.2, 0.25) is 0 Å². The molecule has 0 radical (unpaired) electrons. The minimum absolute atomic E-state index is 0.0328. The monoisotopic (exact) mass is 292 g/mol. The zero-order chi connectivity index (χ0) is 15.6. The van der Waals surface area contributed by atoms with Gasteiger partial charge in [0, 0.05) is 18.4 Å². The van der Waals surface area contributed by atoms with Crippen molar-refractivity contribution in [1.82, 2.24) is 0 Å². The molecule has 2 N–H and O–H groups in total. The number of phenols is 1. The molecule has 112 valence electrons. The summed E-state index contributed by atoms with van der Waals surface area (Å²) in [5.41, 5.74) is -0.635. The summed E-state index contributed by atoms with van der Waals surface area (Å²) in [7, 11) is 1.40. The molecule has 0 spiro atoms. The summed E-state index contributed by atoms with van der Waals surface area (Å²) in [4.78, 5) is 11.3. The lowest BCUT2D eigenvalue weighted by Crippen LogP contribution is -2.29. The number of aliphatic hydroxyl groups is 1. The molecule has 0 aliphatic rings. The van der Waals surface area contributed by atoms with Crippen LogP contribution in [-0.4, -0.2) is 23.1 Å². The van der Waals surface area contributed by atoms with Crippen molar-refractivity contribution in [3.05, 3.63) is 40.8 Å². The zero-order valence-corrected chi connectivity index (χ0v) is 11.9. The van der Waals surface area contributed by atoms with Crippen LogP contribution in [0.3, 0.4) is 0 Å². The van der Waals surface area contributed by atoms with Gasteiger partial charge in [0.1, 0.15) is 0 Å². The third kappa shape index (κ3) is 3.00. The van der Waals surface area contributed by atoms with Gasteiger partial charge in [-0.05, 0) is 25.1 Å². The van der Waals surface area contributed by atoms with Crippen molar-refractivity contribution in [2.24, 2.45) is 0 Å². The van der Waals surface area contributed by atoms with E-state index in [0.29, 0.717) is 5.39 Å². The molecule has 1 unspecified atom stereocenters. The van der Waals surface area contributed by atoms with Crippen LogP contribution in [0.5, 0.6) is 17.2 Å². The van der Waals surface area contributed by atoms with E-state index >= 15 is 0 Å². The maximum Gasteiger partial charge on any atom is 0.336 e. The summed E-state index contributed by atoms with van der Waals surface area (Å²) < 4.78 is 15.5. The average Bonchev–Trinajstić information content (AvgIpc) is 2.42. The molecule has 0 saturated carbocycles. The van der Waals surface area contributed by atoms with E-state index in [9.17, 15) is 15.0 Å². The SMILES string of the molecule is C/C=C/C(C)(O)Oc1c(OC)cc2ccc(=O)oc2c1O. The van der Waals surface area contributed by atoms with Gasteiger partial charge in [0.05, 0.1) is 7.11 Å². The Balaban J connectivity index is 2.66. The number of phenolic OH excluding ortho intramolecular Hbond substituents is 1. The number of fused-ring (bicyclic) bond motifs is 1. The van der Waals surface area contributed by atoms with Crippen molar-refractivity contribution >= 4 is 11.0 Å². The van der Waals surface area contributed by atoms with Crippen LogP contribution in [0.1, 0.15) is 13.8 Å². The smallest absolute Gasteiger partial charge is 0.336 e. The summed E-state index contributed by atoms with van der Waals surface area (Å²) in [5, 5.41) is 20.8. The summed E-state index contributed by atoms with van der Waals surface area (Å²) in [6, 6.07) is 4.27. The molecular weight excluding hydrogens is 276 g/mol. The van der Waals surface area contributed by atoms with Crippen molar-refractivity contribution in [2.75, 3.05) is 7.11 Å². The summed E-state index contributed by atoms with van der Waals surface area (Å²) >= 11 is 0. The van der Waals surface area contributed by atoms with E-state index < -0.39 is 17.2 Å². The lowest BCUT2D eigenvalue weighted by atomic mass is 10.2. The highest BCUT2D eigenvalue weighted by Crippen LogP contribution is 2.43. The van der Waals surface area contributed by atoms with Crippen molar-refractivity contribution < 1.29 is 24.1 Å². The normalized spacial score (nSPS) is 14.3. The highest BCUT2D eigenvalue weighted by Gasteiger charge is 2.25. The Morgan fingerprint density at radius 3 is 2.71 bits per heavy atom. The van der Waals surface area contributed by atoms with E-state index in [-0.39, 0.29) is 17.1 Å². The fourth-order valence-corrected chi connectivity index (χ4v) is 1.95. The summed E-state index contributed by atoms with van der Waals surface area (Å²) in [6.45, 7) is 3.12. The zero-order valence-electron chi connectivity index (χ0n) is 11.9. The van der Waals surface area contributed by atoms with Gasteiger partial charge in [-0.3, -0.25) is 0 Å². The lowest BCUT2D eigenvalue weighted by Gasteiger charge is -2.23. The van der Waals surface area contributed by atoms with E-state index in [1.165, 1.54) is 32.2 Å². The molecular formula is C15H16O6. The molecule has 1 heterocycles.